The number of rotatable bonds is 1. The predicted molar refractivity (Wildman–Crippen MR) is 45.9 cm³/mol. The summed E-state index contributed by atoms with van der Waals surface area (Å²) in [5.41, 5.74) is 1.40. The Kier molecular flexibility index (Phi) is 1.97. The molecule has 1 fully saturated rings. The average Bonchev–Trinajstić information content (AvgIpc) is 2.58. The van der Waals surface area contributed by atoms with Crippen LogP contribution in [0.2, 0.25) is 0 Å². The minimum absolute atomic E-state index is 0.805. The van der Waals surface area contributed by atoms with E-state index in [-0.39, 0.29) is 0 Å². The molecule has 0 atom stereocenters. The molecular formula is C10H14N. The van der Waals surface area contributed by atoms with Crippen molar-refractivity contribution in [2.45, 2.75) is 25.7 Å². The van der Waals surface area contributed by atoms with Gasteiger partial charge in [-0.25, -0.2) is 0 Å². The van der Waals surface area contributed by atoms with Gasteiger partial charge in [-0.1, -0.05) is 25.0 Å². The van der Waals surface area contributed by atoms with Crippen LogP contribution in [0.1, 0.15) is 25.7 Å². The number of hydrogen-bond donors (Lipinski definition) is 1. The summed E-state index contributed by atoms with van der Waals surface area (Å²) in [7, 11) is 0. The fourth-order valence-corrected chi connectivity index (χ4v) is 1.91. The van der Waals surface area contributed by atoms with E-state index in [1.165, 1.54) is 31.3 Å². The van der Waals surface area contributed by atoms with Crippen LogP contribution in [0, 0.1) is 12.1 Å². The second-order valence-corrected chi connectivity index (χ2v) is 3.34. The maximum atomic E-state index is 3.24. The second kappa shape index (κ2) is 3.12. The van der Waals surface area contributed by atoms with Crippen molar-refractivity contribution >= 4 is 0 Å². The summed E-state index contributed by atoms with van der Waals surface area (Å²) in [6.45, 7) is 0.955. The maximum Gasteiger partial charge on any atom is 0.0616 e. The van der Waals surface area contributed by atoms with Gasteiger partial charge >= 0.3 is 0 Å². The topological polar surface area (TPSA) is 12.0 Å². The smallest absolute Gasteiger partial charge is 0.0616 e. The molecule has 0 bridgehead atoms. The van der Waals surface area contributed by atoms with Crippen molar-refractivity contribution in [3.05, 3.63) is 23.9 Å². The fourth-order valence-electron chi connectivity index (χ4n) is 1.91. The maximum absolute atomic E-state index is 3.24. The van der Waals surface area contributed by atoms with Crippen LogP contribution in [0.5, 0.6) is 0 Å². The van der Waals surface area contributed by atoms with E-state index in [1.807, 2.05) is 0 Å². The van der Waals surface area contributed by atoms with E-state index in [0.29, 0.717) is 0 Å². The van der Waals surface area contributed by atoms with Gasteiger partial charge in [-0.2, -0.15) is 0 Å². The molecule has 11 heavy (non-hydrogen) atoms. The molecule has 2 aliphatic rings. The highest BCUT2D eigenvalue weighted by Gasteiger charge is 2.18. The van der Waals surface area contributed by atoms with Crippen LogP contribution < -0.4 is 5.32 Å². The molecule has 1 N–H and O–H groups in total. The lowest BCUT2D eigenvalue weighted by Crippen LogP contribution is -2.13. The molecule has 0 unspecified atom stereocenters. The Morgan fingerprint density at radius 1 is 1.36 bits per heavy atom. The lowest BCUT2D eigenvalue weighted by atomic mass is 9.97. The van der Waals surface area contributed by atoms with Crippen molar-refractivity contribution in [2.75, 3.05) is 6.54 Å². The van der Waals surface area contributed by atoms with Gasteiger partial charge in [0.15, 0.2) is 0 Å². The predicted octanol–water partition coefficient (Wildman–Crippen LogP) is 2.02. The molecule has 1 heterocycles. The molecule has 0 aromatic heterocycles. The zero-order valence-corrected chi connectivity index (χ0v) is 6.77. The Morgan fingerprint density at radius 2 is 2.18 bits per heavy atom. The molecule has 1 radical (unpaired) electrons. The lowest BCUT2D eigenvalue weighted by molar-refractivity contribution is 0.641. The minimum atomic E-state index is 0.805. The quantitative estimate of drug-likeness (QED) is 0.600. The van der Waals surface area contributed by atoms with Crippen LogP contribution in [0.4, 0.5) is 0 Å². The van der Waals surface area contributed by atoms with Crippen molar-refractivity contribution in [2.24, 2.45) is 5.92 Å². The van der Waals surface area contributed by atoms with Crippen molar-refractivity contribution in [3.63, 3.8) is 0 Å². The van der Waals surface area contributed by atoms with Gasteiger partial charge in [-0.05, 0) is 24.3 Å². The van der Waals surface area contributed by atoms with Crippen molar-refractivity contribution < 1.29 is 0 Å². The summed E-state index contributed by atoms with van der Waals surface area (Å²) in [6, 6.07) is 0. The van der Waals surface area contributed by atoms with E-state index >= 15 is 0 Å². The van der Waals surface area contributed by atoms with E-state index in [2.05, 4.69) is 23.7 Å². The summed E-state index contributed by atoms with van der Waals surface area (Å²) in [5.74, 6) is 0.805. The van der Waals surface area contributed by atoms with Crippen molar-refractivity contribution in [3.8, 4) is 0 Å². The third-order valence-electron chi connectivity index (χ3n) is 2.55. The number of dihydropyridines is 1. The van der Waals surface area contributed by atoms with E-state index in [9.17, 15) is 0 Å². The van der Waals surface area contributed by atoms with Crippen LogP contribution >= 0.6 is 0 Å². The number of allylic oxidation sites excluding steroid dienone is 2. The molecule has 0 aromatic carbocycles. The monoisotopic (exact) mass is 148 g/mol. The molecule has 0 amide bonds. The van der Waals surface area contributed by atoms with Gasteiger partial charge < -0.3 is 5.32 Å². The molecule has 1 heteroatoms. The van der Waals surface area contributed by atoms with Gasteiger partial charge in [-0.15, -0.1) is 0 Å². The van der Waals surface area contributed by atoms with Gasteiger partial charge in [0.1, 0.15) is 0 Å². The highest BCUT2D eigenvalue weighted by Crippen LogP contribution is 2.31. The zero-order valence-electron chi connectivity index (χ0n) is 6.77. The van der Waals surface area contributed by atoms with Crippen LogP contribution in [-0.4, -0.2) is 6.54 Å². The molecule has 0 saturated heterocycles. The summed E-state index contributed by atoms with van der Waals surface area (Å²) < 4.78 is 0. The molecule has 0 spiro atoms. The summed E-state index contributed by atoms with van der Waals surface area (Å²) in [4.78, 5) is 0. The van der Waals surface area contributed by atoms with Crippen LogP contribution in [0.15, 0.2) is 17.7 Å². The molecule has 1 aliphatic carbocycles. The number of hydrogen-bond acceptors (Lipinski definition) is 1. The van der Waals surface area contributed by atoms with Crippen molar-refractivity contribution in [1.82, 2.24) is 5.32 Å². The Hall–Kier alpha value is -0.720. The van der Waals surface area contributed by atoms with E-state index in [1.54, 1.807) is 0 Å². The van der Waals surface area contributed by atoms with E-state index in [4.69, 9.17) is 0 Å². The summed E-state index contributed by atoms with van der Waals surface area (Å²) in [6.07, 6.45) is 13.2. The zero-order chi connectivity index (χ0) is 7.52. The van der Waals surface area contributed by atoms with Gasteiger partial charge in [-0.3, -0.25) is 0 Å². The standard InChI is InChI=1S/C10H14N/c1-2-5-9(4-1)10-6-3-7-11-8-10/h3,6,9,11H,1-2,4-5,7H2. The van der Waals surface area contributed by atoms with Gasteiger partial charge in [0, 0.05) is 6.54 Å². The van der Waals surface area contributed by atoms with Crippen molar-refractivity contribution in [1.29, 1.82) is 0 Å². The first-order valence-electron chi connectivity index (χ1n) is 4.49. The minimum Gasteiger partial charge on any atom is -0.380 e. The normalized spacial score (nSPS) is 24.9. The van der Waals surface area contributed by atoms with Gasteiger partial charge in [0.2, 0.25) is 0 Å². The average molecular weight is 148 g/mol. The third kappa shape index (κ3) is 1.47. The molecular weight excluding hydrogens is 134 g/mol. The third-order valence-corrected chi connectivity index (χ3v) is 2.55. The van der Waals surface area contributed by atoms with Crippen LogP contribution in [0.25, 0.3) is 0 Å². The Bertz CT molecular complexity index is 185. The van der Waals surface area contributed by atoms with Gasteiger partial charge in [0.25, 0.3) is 0 Å². The second-order valence-electron chi connectivity index (χ2n) is 3.34. The lowest BCUT2D eigenvalue weighted by Gasteiger charge is -2.13. The first kappa shape index (κ1) is 6.96. The number of nitrogens with one attached hydrogen (secondary N) is 1. The van der Waals surface area contributed by atoms with Gasteiger partial charge in [0.05, 0.1) is 6.20 Å². The molecule has 1 aliphatic heterocycles. The first-order valence-corrected chi connectivity index (χ1v) is 4.49. The fraction of sp³-hybridized carbons (Fsp3) is 0.600. The Morgan fingerprint density at radius 3 is 2.82 bits per heavy atom. The summed E-state index contributed by atoms with van der Waals surface area (Å²) in [5, 5.41) is 3.14. The molecule has 0 aromatic rings. The van der Waals surface area contributed by atoms with Crippen LogP contribution in [0.3, 0.4) is 0 Å². The van der Waals surface area contributed by atoms with E-state index in [0.717, 1.165) is 12.5 Å². The highest BCUT2D eigenvalue weighted by atomic mass is 14.8. The molecule has 1 saturated carbocycles. The van der Waals surface area contributed by atoms with E-state index < -0.39 is 0 Å². The Balaban J connectivity index is 2.02. The molecule has 1 nitrogen and oxygen atoms in total. The molecule has 59 valence electrons. The highest BCUT2D eigenvalue weighted by molar-refractivity contribution is 5.22. The summed E-state index contributed by atoms with van der Waals surface area (Å²) >= 11 is 0. The first-order chi connectivity index (χ1) is 5.47. The SMILES string of the molecule is [C]1=C(C2CCCC2)C=CCN1. The Labute approximate surface area is 68.2 Å². The largest absolute Gasteiger partial charge is 0.380 e. The molecule has 2 rings (SSSR count). The van der Waals surface area contributed by atoms with Crippen LogP contribution in [-0.2, 0) is 0 Å².